The highest BCUT2D eigenvalue weighted by molar-refractivity contribution is 9.10. The minimum atomic E-state index is 0.168. The van der Waals surface area contributed by atoms with E-state index < -0.39 is 0 Å². The Morgan fingerprint density at radius 2 is 2.06 bits per heavy atom. The molecule has 0 spiro atoms. The first kappa shape index (κ1) is 14.4. The van der Waals surface area contributed by atoms with E-state index in [1.165, 1.54) is 0 Å². The number of hydrogen-bond acceptors (Lipinski definition) is 3. The van der Waals surface area contributed by atoms with Crippen LogP contribution in [0.25, 0.3) is 0 Å². The van der Waals surface area contributed by atoms with Crippen LogP contribution in [0, 0.1) is 0 Å². The van der Waals surface area contributed by atoms with Gasteiger partial charge in [0.05, 0.1) is 6.61 Å². The summed E-state index contributed by atoms with van der Waals surface area (Å²) in [6.45, 7) is 2.29. The lowest BCUT2D eigenvalue weighted by Gasteiger charge is -2.15. The molecule has 0 aliphatic heterocycles. The molecule has 1 rings (SSSR count). The summed E-state index contributed by atoms with van der Waals surface area (Å²) < 4.78 is 5.85. The molecular weight excluding hydrogens is 282 g/mol. The molecule has 0 N–H and O–H groups in total. The SMILES string of the molecule is COCCN(C)CCC(=O)c1ccccc1Br. The lowest BCUT2D eigenvalue weighted by molar-refractivity contribution is 0.0959. The summed E-state index contributed by atoms with van der Waals surface area (Å²) in [4.78, 5) is 14.1. The number of rotatable bonds is 7. The van der Waals surface area contributed by atoms with Gasteiger partial charge in [0, 0.05) is 36.7 Å². The van der Waals surface area contributed by atoms with Crippen LogP contribution < -0.4 is 0 Å². The van der Waals surface area contributed by atoms with Gasteiger partial charge in [0.2, 0.25) is 0 Å². The van der Waals surface area contributed by atoms with Crippen molar-refractivity contribution in [3.05, 3.63) is 34.3 Å². The molecule has 0 unspecified atom stereocenters. The largest absolute Gasteiger partial charge is 0.383 e. The van der Waals surface area contributed by atoms with Crippen molar-refractivity contribution in [3.63, 3.8) is 0 Å². The fourth-order valence-electron chi connectivity index (χ4n) is 1.47. The summed E-state index contributed by atoms with van der Waals surface area (Å²) in [6.07, 6.45) is 0.531. The Balaban J connectivity index is 2.42. The number of carbonyl (C=O) groups is 1. The Morgan fingerprint density at radius 3 is 2.71 bits per heavy atom. The average Bonchev–Trinajstić information content (AvgIpc) is 2.34. The fraction of sp³-hybridized carbons (Fsp3) is 0.462. The van der Waals surface area contributed by atoms with Crippen molar-refractivity contribution < 1.29 is 9.53 Å². The molecule has 0 heterocycles. The second kappa shape index (κ2) is 7.58. The molecular formula is C13H18BrNO2. The molecule has 3 nitrogen and oxygen atoms in total. The van der Waals surface area contributed by atoms with Crippen LogP contribution in [0.15, 0.2) is 28.7 Å². The first-order valence-electron chi connectivity index (χ1n) is 5.60. The van der Waals surface area contributed by atoms with Crippen molar-refractivity contribution in [1.82, 2.24) is 4.90 Å². The lowest BCUT2D eigenvalue weighted by Crippen LogP contribution is -2.25. The minimum Gasteiger partial charge on any atom is -0.383 e. The zero-order valence-electron chi connectivity index (χ0n) is 10.3. The number of ether oxygens (including phenoxy) is 1. The van der Waals surface area contributed by atoms with Gasteiger partial charge in [0.25, 0.3) is 0 Å². The number of methoxy groups -OCH3 is 1. The number of halogens is 1. The summed E-state index contributed by atoms with van der Waals surface area (Å²) in [5.41, 5.74) is 0.757. The van der Waals surface area contributed by atoms with Crippen LogP contribution in [-0.4, -0.2) is 44.5 Å². The van der Waals surface area contributed by atoms with Crippen molar-refractivity contribution in [3.8, 4) is 0 Å². The van der Waals surface area contributed by atoms with E-state index in [4.69, 9.17) is 4.74 Å². The number of nitrogens with zero attached hydrogens (tertiary/aromatic N) is 1. The number of ketones is 1. The maximum Gasteiger partial charge on any atom is 0.165 e. The summed E-state index contributed by atoms with van der Waals surface area (Å²) in [7, 11) is 3.67. The first-order chi connectivity index (χ1) is 8.15. The van der Waals surface area contributed by atoms with Crippen LogP contribution in [0.2, 0.25) is 0 Å². The van der Waals surface area contributed by atoms with Gasteiger partial charge in [-0.05, 0) is 13.1 Å². The Hall–Kier alpha value is -0.710. The van der Waals surface area contributed by atoms with E-state index in [-0.39, 0.29) is 5.78 Å². The zero-order valence-corrected chi connectivity index (χ0v) is 11.9. The van der Waals surface area contributed by atoms with Crippen molar-refractivity contribution >= 4 is 21.7 Å². The molecule has 0 bridgehead atoms. The second-order valence-corrected chi connectivity index (χ2v) is 4.80. The standard InChI is InChI=1S/C13H18BrNO2/c1-15(9-10-17-2)8-7-13(16)11-5-3-4-6-12(11)14/h3-6H,7-10H2,1-2H3. The third-order valence-electron chi connectivity index (χ3n) is 2.57. The third-order valence-corrected chi connectivity index (χ3v) is 3.26. The predicted octanol–water partition coefficient (Wildman–Crippen LogP) is 2.60. The van der Waals surface area contributed by atoms with Crippen molar-refractivity contribution in [1.29, 1.82) is 0 Å². The number of likely N-dealkylation sites (N-methyl/N-ethyl adjacent to an activating group) is 1. The van der Waals surface area contributed by atoms with E-state index in [0.717, 1.165) is 23.1 Å². The smallest absolute Gasteiger partial charge is 0.165 e. The molecule has 0 aromatic heterocycles. The number of hydrogen-bond donors (Lipinski definition) is 0. The molecule has 0 atom stereocenters. The van der Waals surface area contributed by atoms with Gasteiger partial charge in [-0.1, -0.05) is 34.1 Å². The average molecular weight is 300 g/mol. The number of benzene rings is 1. The molecule has 1 aromatic carbocycles. The van der Waals surface area contributed by atoms with E-state index in [2.05, 4.69) is 20.8 Å². The van der Waals surface area contributed by atoms with E-state index >= 15 is 0 Å². The maximum atomic E-state index is 12.0. The van der Waals surface area contributed by atoms with Crippen LogP contribution >= 0.6 is 15.9 Å². The number of carbonyl (C=O) groups excluding carboxylic acids is 1. The molecule has 4 heteroatoms. The number of Topliss-reactive ketones (excluding diaryl/α,β-unsaturated/α-hetero) is 1. The molecule has 94 valence electrons. The topological polar surface area (TPSA) is 29.5 Å². The van der Waals surface area contributed by atoms with Gasteiger partial charge in [-0.25, -0.2) is 0 Å². The highest BCUT2D eigenvalue weighted by Gasteiger charge is 2.10. The van der Waals surface area contributed by atoms with Gasteiger partial charge >= 0.3 is 0 Å². The monoisotopic (exact) mass is 299 g/mol. The van der Waals surface area contributed by atoms with Crippen LogP contribution in [0.1, 0.15) is 16.8 Å². The quantitative estimate of drug-likeness (QED) is 0.725. The Bertz CT molecular complexity index is 368. The molecule has 0 aliphatic carbocycles. The summed E-state index contributed by atoms with van der Waals surface area (Å²) in [6, 6.07) is 7.53. The van der Waals surface area contributed by atoms with E-state index in [1.807, 2.05) is 31.3 Å². The Morgan fingerprint density at radius 1 is 1.35 bits per heavy atom. The first-order valence-corrected chi connectivity index (χ1v) is 6.39. The predicted molar refractivity (Wildman–Crippen MR) is 72.5 cm³/mol. The van der Waals surface area contributed by atoms with Crippen LogP contribution in [0.3, 0.4) is 0 Å². The van der Waals surface area contributed by atoms with Gasteiger partial charge in [0.1, 0.15) is 0 Å². The fourth-order valence-corrected chi connectivity index (χ4v) is 1.98. The normalized spacial score (nSPS) is 10.8. The Kier molecular flexibility index (Phi) is 6.40. The van der Waals surface area contributed by atoms with Crippen LogP contribution in [-0.2, 0) is 4.74 Å². The van der Waals surface area contributed by atoms with Crippen molar-refractivity contribution in [2.75, 3.05) is 33.9 Å². The summed E-state index contributed by atoms with van der Waals surface area (Å²) in [5.74, 6) is 0.168. The molecule has 17 heavy (non-hydrogen) atoms. The summed E-state index contributed by atoms with van der Waals surface area (Å²) in [5, 5.41) is 0. The van der Waals surface area contributed by atoms with E-state index in [0.29, 0.717) is 13.0 Å². The third kappa shape index (κ3) is 4.98. The van der Waals surface area contributed by atoms with Crippen LogP contribution in [0.5, 0.6) is 0 Å². The van der Waals surface area contributed by atoms with Crippen molar-refractivity contribution in [2.45, 2.75) is 6.42 Å². The second-order valence-electron chi connectivity index (χ2n) is 3.95. The highest BCUT2D eigenvalue weighted by Crippen LogP contribution is 2.17. The Labute approximate surface area is 111 Å². The molecule has 0 saturated carbocycles. The molecule has 0 aliphatic rings. The van der Waals surface area contributed by atoms with Gasteiger partial charge in [-0.3, -0.25) is 4.79 Å². The zero-order chi connectivity index (χ0) is 12.7. The maximum absolute atomic E-state index is 12.0. The van der Waals surface area contributed by atoms with Gasteiger partial charge in [-0.15, -0.1) is 0 Å². The van der Waals surface area contributed by atoms with E-state index in [1.54, 1.807) is 7.11 Å². The van der Waals surface area contributed by atoms with Gasteiger partial charge in [-0.2, -0.15) is 0 Å². The summed E-state index contributed by atoms with van der Waals surface area (Å²) >= 11 is 3.39. The van der Waals surface area contributed by atoms with Gasteiger partial charge in [0.15, 0.2) is 5.78 Å². The molecule has 1 aromatic rings. The molecule has 0 radical (unpaired) electrons. The molecule has 0 fully saturated rings. The molecule has 0 saturated heterocycles. The van der Waals surface area contributed by atoms with Crippen LogP contribution in [0.4, 0.5) is 0 Å². The lowest BCUT2D eigenvalue weighted by atomic mass is 10.1. The minimum absolute atomic E-state index is 0.168. The van der Waals surface area contributed by atoms with Gasteiger partial charge < -0.3 is 9.64 Å². The van der Waals surface area contributed by atoms with Crippen molar-refractivity contribution in [2.24, 2.45) is 0 Å². The highest BCUT2D eigenvalue weighted by atomic mass is 79.9. The van der Waals surface area contributed by atoms with E-state index in [9.17, 15) is 4.79 Å². The molecule has 0 amide bonds.